The maximum Gasteiger partial charge on any atom is 0.327 e. The summed E-state index contributed by atoms with van der Waals surface area (Å²) in [6.07, 6.45) is 1.96. The van der Waals surface area contributed by atoms with E-state index in [2.05, 4.69) is 11.6 Å². The van der Waals surface area contributed by atoms with Crippen molar-refractivity contribution in [3.63, 3.8) is 0 Å². The monoisotopic (exact) mass is 200 g/mol. The zero-order valence-electron chi connectivity index (χ0n) is 7.94. The SMILES string of the molecule is C=C[C@](N)(CCCN=C(N)N)C(=O)O. The Morgan fingerprint density at radius 3 is 2.50 bits per heavy atom. The molecule has 0 aliphatic rings. The van der Waals surface area contributed by atoms with Crippen molar-refractivity contribution in [1.29, 1.82) is 0 Å². The highest BCUT2D eigenvalue weighted by Gasteiger charge is 2.29. The zero-order chi connectivity index (χ0) is 11.2. The number of aliphatic carboxylic acids is 1. The van der Waals surface area contributed by atoms with Gasteiger partial charge in [0, 0.05) is 6.54 Å². The van der Waals surface area contributed by atoms with Crippen molar-refractivity contribution in [1.82, 2.24) is 0 Å². The third-order valence-electron chi connectivity index (χ3n) is 1.81. The van der Waals surface area contributed by atoms with Crippen LogP contribution in [0, 0.1) is 0 Å². The highest BCUT2D eigenvalue weighted by atomic mass is 16.4. The van der Waals surface area contributed by atoms with Crippen molar-refractivity contribution in [2.24, 2.45) is 22.2 Å². The molecule has 0 amide bonds. The van der Waals surface area contributed by atoms with Crippen LogP contribution in [0.5, 0.6) is 0 Å². The Morgan fingerprint density at radius 1 is 1.57 bits per heavy atom. The molecule has 7 N–H and O–H groups in total. The molecule has 0 aliphatic heterocycles. The molecule has 6 nitrogen and oxygen atoms in total. The van der Waals surface area contributed by atoms with E-state index in [0.29, 0.717) is 13.0 Å². The second-order valence-electron chi connectivity index (χ2n) is 2.96. The molecule has 14 heavy (non-hydrogen) atoms. The van der Waals surface area contributed by atoms with Crippen LogP contribution in [0.15, 0.2) is 17.6 Å². The van der Waals surface area contributed by atoms with E-state index in [4.69, 9.17) is 22.3 Å². The average Bonchev–Trinajstić information content (AvgIpc) is 2.11. The van der Waals surface area contributed by atoms with Gasteiger partial charge in [-0.05, 0) is 12.8 Å². The number of carbonyl (C=O) groups is 1. The molecule has 0 heterocycles. The molecule has 80 valence electrons. The first-order valence-corrected chi connectivity index (χ1v) is 4.13. The van der Waals surface area contributed by atoms with Crippen LogP contribution in [0.3, 0.4) is 0 Å². The minimum Gasteiger partial charge on any atom is -0.480 e. The van der Waals surface area contributed by atoms with Gasteiger partial charge in [-0.3, -0.25) is 4.99 Å². The van der Waals surface area contributed by atoms with E-state index in [-0.39, 0.29) is 12.4 Å². The van der Waals surface area contributed by atoms with Crippen molar-refractivity contribution in [2.45, 2.75) is 18.4 Å². The summed E-state index contributed by atoms with van der Waals surface area (Å²) in [6, 6.07) is 0. The second kappa shape index (κ2) is 5.23. The van der Waals surface area contributed by atoms with Gasteiger partial charge >= 0.3 is 5.97 Å². The molecule has 0 aromatic rings. The van der Waals surface area contributed by atoms with E-state index in [1.807, 2.05) is 0 Å². The molecule has 0 fully saturated rings. The van der Waals surface area contributed by atoms with Gasteiger partial charge in [0.05, 0.1) is 0 Å². The lowest BCUT2D eigenvalue weighted by molar-refractivity contribution is -0.141. The van der Waals surface area contributed by atoms with Gasteiger partial charge in [-0.15, -0.1) is 6.58 Å². The Morgan fingerprint density at radius 2 is 2.14 bits per heavy atom. The fraction of sp³-hybridized carbons (Fsp3) is 0.500. The van der Waals surface area contributed by atoms with Gasteiger partial charge in [0.2, 0.25) is 0 Å². The van der Waals surface area contributed by atoms with E-state index >= 15 is 0 Å². The summed E-state index contributed by atoms with van der Waals surface area (Å²) < 4.78 is 0. The minimum atomic E-state index is -1.39. The van der Waals surface area contributed by atoms with Gasteiger partial charge < -0.3 is 22.3 Å². The lowest BCUT2D eigenvalue weighted by Crippen LogP contribution is -2.45. The minimum absolute atomic E-state index is 0.0125. The van der Waals surface area contributed by atoms with Crippen LogP contribution in [0.2, 0.25) is 0 Å². The van der Waals surface area contributed by atoms with Crippen LogP contribution < -0.4 is 17.2 Å². The third-order valence-corrected chi connectivity index (χ3v) is 1.81. The molecule has 0 bridgehead atoms. The Balaban J connectivity index is 4.04. The molecule has 0 saturated heterocycles. The largest absolute Gasteiger partial charge is 0.480 e. The van der Waals surface area contributed by atoms with Crippen LogP contribution in [0.1, 0.15) is 12.8 Å². The number of nitrogens with zero attached hydrogens (tertiary/aromatic N) is 1. The maximum absolute atomic E-state index is 10.7. The summed E-state index contributed by atoms with van der Waals surface area (Å²) in [5.41, 5.74) is 14.3. The number of carboxylic acids is 1. The van der Waals surface area contributed by atoms with E-state index in [0.717, 1.165) is 0 Å². The second-order valence-corrected chi connectivity index (χ2v) is 2.96. The molecule has 0 saturated carbocycles. The average molecular weight is 200 g/mol. The van der Waals surface area contributed by atoms with Crippen LogP contribution in [0.4, 0.5) is 0 Å². The summed E-state index contributed by atoms with van der Waals surface area (Å²) in [6.45, 7) is 3.74. The van der Waals surface area contributed by atoms with E-state index in [1.54, 1.807) is 0 Å². The molecule has 0 unspecified atom stereocenters. The smallest absolute Gasteiger partial charge is 0.327 e. The number of aliphatic imine (C=N–C) groups is 1. The Labute approximate surface area is 82.5 Å². The van der Waals surface area contributed by atoms with Gasteiger partial charge in [0.1, 0.15) is 5.54 Å². The Bertz CT molecular complexity index is 248. The molecule has 1 atom stereocenters. The lowest BCUT2D eigenvalue weighted by atomic mass is 9.95. The molecular formula is C8H16N4O2. The zero-order valence-corrected chi connectivity index (χ0v) is 7.94. The highest BCUT2D eigenvalue weighted by Crippen LogP contribution is 2.11. The number of rotatable bonds is 6. The first-order chi connectivity index (χ1) is 6.42. The fourth-order valence-corrected chi connectivity index (χ4v) is 0.876. The van der Waals surface area contributed by atoms with Crippen molar-refractivity contribution >= 4 is 11.9 Å². The van der Waals surface area contributed by atoms with Gasteiger partial charge in [-0.1, -0.05) is 6.08 Å². The summed E-state index contributed by atoms with van der Waals surface area (Å²) in [4.78, 5) is 14.4. The van der Waals surface area contributed by atoms with Crippen LogP contribution in [0.25, 0.3) is 0 Å². The van der Waals surface area contributed by atoms with E-state index in [1.165, 1.54) is 6.08 Å². The van der Waals surface area contributed by atoms with Crippen LogP contribution in [-0.2, 0) is 4.79 Å². The van der Waals surface area contributed by atoms with Crippen LogP contribution in [-0.4, -0.2) is 29.1 Å². The predicted molar refractivity (Wildman–Crippen MR) is 54.7 cm³/mol. The molecule has 0 radical (unpaired) electrons. The van der Waals surface area contributed by atoms with Crippen molar-refractivity contribution < 1.29 is 9.90 Å². The topological polar surface area (TPSA) is 128 Å². The number of nitrogens with two attached hydrogens (primary N) is 3. The third kappa shape index (κ3) is 3.90. The van der Waals surface area contributed by atoms with Crippen molar-refractivity contribution in [3.05, 3.63) is 12.7 Å². The summed E-state index contributed by atoms with van der Waals surface area (Å²) in [5, 5.41) is 8.76. The molecule has 0 aromatic carbocycles. The van der Waals surface area contributed by atoms with Crippen molar-refractivity contribution in [3.8, 4) is 0 Å². The molecule has 0 spiro atoms. The summed E-state index contributed by atoms with van der Waals surface area (Å²) >= 11 is 0. The molecule has 0 aromatic heterocycles. The predicted octanol–water partition coefficient (Wildman–Crippen LogP) is -0.992. The molecular weight excluding hydrogens is 184 g/mol. The number of guanidine groups is 1. The number of hydrogen-bond donors (Lipinski definition) is 4. The Kier molecular flexibility index (Phi) is 4.65. The summed E-state index contributed by atoms with van der Waals surface area (Å²) in [7, 11) is 0. The van der Waals surface area contributed by atoms with Gasteiger partial charge in [0.15, 0.2) is 5.96 Å². The van der Waals surface area contributed by atoms with Gasteiger partial charge in [-0.2, -0.15) is 0 Å². The lowest BCUT2D eigenvalue weighted by Gasteiger charge is -2.19. The number of hydrogen-bond acceptors (Lipinski definition) is 3. The quantitative estimate of drug-likeness (QED) is 0.189. The summed E-state index contributed by atoms with van der Waals surface area (Å²) in [5.74, 6) is -1.11. The van der Waals surface area contributed by atoms with E-state index < -0.39 is 11.5 Å². The normalized spacial score (nSPS) is 14.1. The highest BCUT2D eigenvalue weighted by molar-refractivity contribution is 5.81. The first kappa shape index (κ1) is 12.4. The molecule has 0 rings (SSSR count). The van der Waals surface area contributed by atoms with Gasteiger partial charge in [-0.25, -0.2) is 4.79 Å². The molecule has 0 aliphatic carbocycles. The van der Waals surface area contributed by atoms with Crippen molar-refractivity contribution in [2.75, 3.05) is 6.54 Å². The number of carboxylic acid groups (broad SMARTS) is 1. The van der Waals surface area contributed by atoms with Gasteiger partial charge in [0.25, 0.3) is 0 Å². The van der Waals surface area contributed by atoms with Crippen LogP contribution >= 0.6 is 0 Å². The van der Waals surface area contributed by atoms with E-state index in [9.17, 15) is 4.79 Å². The maximum atomic E-state index is 10.7. The first-order valence-electron chi connectivity index (χ1n) is 4.13. The fourth-order valence-electron chi connectivity index (χ4n) is 0.876. The standard InChI is InChI=1S/C8H16N4O2/c1-2-8(11,6(13)14)4-3-5-12-7(9)10/h2H,1,3-5,11H2,(H,13,14)(H4,9,10,12)/t8-/m0/s1. The Hall–Kier alpha value is -1.56. The molecule has 6 heteroatoms.